The highest BCUT2D eigenvalue weighted by molar-refractivity contribution is 6.14. The molecular weight excluding hydrogens is 703 g/mol. The van der Waals surface area contributed by atoms with Crippen LogP contribution in [0.25, 0.3) is 88.0 Å². The van der Waals surface area contributed by atoms with Crippen LogP contribution in [0.15, 0.2) is 229 Å². The number of fused-ring (bicyclic) bond motifs is 6. The van der Waals surface area contributed by atoms with Crippen LogP contribution < -0.4 is 4.90 Å². The van der Waals surface area contributed by atoms with Gasteiger partial charge in [0.15, 0.2) is 0 Å². The van der Waals surface area contributed by atoms with Crippen molar-refractivity contribution in [3.8, 4) is 44.5 Å². The lowest BCUT2D eigenvalue weighted by Crippen LogP contribution is -2.12. The zero-order valence-electron chi connectivity index (χ0n) is 31.7. The molecule has 2 heteroatoms. The van der Waals surface area contributed by atoms with Crippen molar-refractivity contribution in [3.05, 3.63) is 224 Å². The molecule has 0 radical (unpaired) electrons. The number of para-hydroxylation sites is 1. The Labute approximate surface area is 337 Å². The molecule has 0 fully saturated rings. The molecular formula is C56H37NO. The molecule has 0 saturated heterocycles. The van der Waals surface area contributed by atoms with Gasteiger partial charge in [0.2, 0.25) is 0 Å². The van der Waals surface area contributed by atoms with E-state index >= 15 is 0 Å². The minimum absolute atomic E-state index is 0.871. The number of furan rings is 1. The van der Waals surface area contributed by atoms with Crippen molar-refractivity contribution >= 4 is 60.5 Å². The maximum atomic E-state index is 6.35. The first kappa shape index (κ1) is 33.6. The van der Waals surface area contributed by atoms with Gasteiger partial charge in [0.05, 0.1) is 5.69 Å². The number of benzene rings is 10. The van der Waals surface area contributed by atoms with Gasteiger partial charge in [-0.15, -0.1) is 0 Å². The minimum atomic E-state index is 0.871. The van der Waals surface area contributed by atoms with Crippen molar-refractivity contribution in [2.45, 2.75) is 0 Å². The van der Waals surface area contributed by atoms with E-state index in [1.54, 1.807) is 0 Å². The first-order chi connectivity index (χ1) is 28.8. The highest BCUT2D eigenvalue weighted by Gasteiger charge is 2.24. The fraction of sp³-hybridized carbons (Fsp3) is 0. The van der Waals surface area contributed by atoms with Crippen molar-refractivity contribution in [3.63, 3.8) is 0 Å². The number of nitrogens with zero attached hydrogens (tertiary/aromatic N) is 1. The van der Waals surface area contributed by atoms with Crippen LogP contribution in [0.5, 0.6) is 0 Å². The lowest BCUT2D eigenvalue weighted by molar-refractivity contribution is 0.669. The molecule has 11 aromatic rings. The molecule has 1 aromatic heterocycles. The molecule has 0 aliphatic carbocycles. The monoisotopic (exact) mass is 739 g/mol. The summed E-state index contributed by atoms with van der Waals surface area (Å²) in [6.45, 7) is 0. The van der Waals surface area contributed by atoms with Gasteiger partial charge in [0.25, 0.3) is 0 Å². The largest absolute Gasteiger partial charge is 0.456 e. The van der Waals surface area contributed by atoms with Crippen LogP contribution in [0.2, 0.25) is 0 Å². The lowest BCUT2D eigenvalue weighted by atomic mass is 9.87. The van der Waals surface area contributed by atoms with Gasteiger partial charge in [-0.05, 0) is 109 Å². The molecule has 0 aliphatic heterocycles. The van der Waals surface area contributed by atoms with E-state index in [0.29, 0.717) is 0 Å². The average molecular weight is 740 g/mol. The summed E-state index contributed by atoms with van der Waals surface area (Å²) in [4.78, 5) is 2.42. The molecule has 58 heavy (non-hydrogen) atoms. The number of hydrogen-bond acceptors (Lipinski definition) is 2. The smallest absolute Gasteiger partial charge is 0.135 e. The molecule has 2 nitrogen and oxygen atoms in total. The average Bonchev–Trinajstić information content (AvgIpc) is 3.68. The van der Waals surface area contributed by atoms with Crippen LogP contribution in [0.4, 0.5) is 17.1 Å². The van der Waals surface area contributed by atoms with Crippen LogP contribution in [0.1, 0.15) is 0 Å². The Morgan fingerprint density at radius 2 is 0.845 bits per heavy atom. The zero-order chi connectivity index (χ0) is 38.4. The van der Waals surface area contributed by atoms with E-state index in [1.807, 2.05) is 12.1 Å². The highest BCUT2D eigenvalue weighted by Crippen LogP contribution is 2.49. The third kappa shape index (κ3) is 5.74. The number of anilines is 3. The second-order valence-electron chi connectivity index (χ2n) is 14.8. The molecule has 10 aromatic carbocycles. The first-order valence-electron chi connectivity index (χ1n) is 19.8. The number of rotatable bonds is 7. The van der Waals surface area contributed by atoms with Gasteiger partial charge in [-0.25, -0.2) is 0 Å². The molecule has 0 atom stereocenters. The highest BCUT2D eigenvalue weighted by atomic mass is 16.3. The van der Waals surface area contributed by atoms with Gasteiger partial charge in [-0.1, -0.05) is 176 Å². The summed E-state index contributed by atoms with van der Waals surface area (Å²) in [5, 5.41) is 7.21. The molecule has 272 valence electrons. The predicted molar refractivity (Wildman–Crippen MR) is 245 cm³/mol. The van der Waals surface area contributed by atoms with Gasteiger partial charge in [0, 0.05) is 27.7 Å². The SMILES string of the molecule is c1ccc(-c2ccccc2-c2c(-c3ccccc3)cccc2N(c2ccc(-c3cc4ccccc4c4ccccc34)cc2)c2ccc3oc4ccccc4c3c2)cc1. The molecule has 0 amide bonds. The molecule has 0 aliphatic rings. The zero-order valence-corrected chi connectivity index (χ0v) is 31.7. The third-order valence-corrected chi connectivity index (χ3v) is 11.5. The van der Waals surface area contributed by atoms with Gasteiger partial charge in [-0.2, -0.15) is 0 Å². The molecule has 1 heterocycles. The Bertz CT molecular complexity index is 3270. The first-order valence-corrected chi connectivity index (χ1v) is 19.8. The summed E-state index contributed by atoms with van der Waals surface area (Å²) >= 11 is 0. The lowest BCUT2D eigenvalue weighted by Gasteiger charge is -2.30. The molecule has 0 N–H and O–H groups in total. The van der Waals surface area contributed by atoms with Crippen LogP contribution in [-0.4, -0.2) is 0 Å². The van der Waals surface area contributed by atoms with Crippen molar-refractivity contribution in [1.29, 1.82) is 0 Å². The van der Waals surface area contributed by atoms with Gasteiger partial charge >= 0.3 is 0 Å². The Kier molecular flexibility index (Phi) is 8.19. The standard InChI is InChI=1S/C56H37NO/c1-3-16-38(17-4-1)44-21-9-12-26-50(44)56-46(39-18-5-2-6-19-39)27-15-28-53(56)57(43-34-35-55-52(37-43)49-25-13-14-29-54(49)58-55)42-32-30-40(31-33-42)51-36-41-20-7-8-22-45(41)47-23-10-11-24-48(47)51/h1-37H. The normalized spacial score (nSPS) is 11.4. The Morgan fingerprint density at radius 1 is 0.293 bits per heavy atom. The Hall–Kier alpha value is -7.68. The second-order valence-corrected chi connectivity index (χ2v) is 14.8. The molecule has 0 saturated carbocycles. The Balaban J connectivity index is 1.17. The minimum Gasteiger partial charge on any atom is -0.456 e. The van der Waals surface area contributed by atoms with Crippen molar-refractivity contribution in [2.75, 3.05) is 4.90 Å². The van der Waals surface area contributed by atoms with Crippen molar-refractivity contribution in [1.82, 2.24) is 0 Å². The van der Waals surface area contributed by atoms with Crippen LogP contribution in [0.3, 0.4) is 0 Å². The van der Waals surface area contributed by atoms with Gasteiger partial charge < -0.3 is 9.32 Å². The summed E-state index contributed by atoms with van der Waals surface area (Å²) in [7, 11) is 0. The van der Waals surface area contributed by atoms with Crippen LogP contribution in [-0.2, 0) is 0 Å². The topological polar surface area (TPSA) is 16.4 Å². The summed E-state index contributed by atoms with van der Waals surface area (Å²) in [6.07, 6.45) is 0. The van der Waals surface area contributed by atoms with E-state index in [1.165, 1.54) is 54.9 Å². The molecule has 0 spiro atoms. The summed E-state index contributed by atoms with van der Waals surface area (Å²) < 4.78 is 6.35. The maximum Gasteiger partial charge on any atom is 0.135 e. The van der Waals surface area contributed by atoms with E-state index in [-0.39, 0.29) is 0 Å². The number of hydrogen-bond donors (Lipinski definition) is 0. The van der Waals surface area contributed by atoms with Gasteiger partial charge in [-0.3, -0.25) is 0 Å². The van der Waals surface area contributed by atoms with E-state index in [4.69, 9.17) is 4.42 Å². The van der Waals surface area contributed by atoms with Crippen molar-refractivity contribution in [2.24, 2.45) is 0 Å². The van der Waals surface area contributed by atoms with Gasteiger partial charge in [0.1, 0.15) is 11.2 Å². The van der Waals surface area contributed by atoms with E-state index in [2.05, 4.69) is 217 Å². The fourth-order valence-corrected chi connectivity index (χ4v) is 8.80. The van der Waals surface area contributed by atoms with Crippen LogP contribution in [0, 0.1) is 0 Å². The molecule has 0 bridgehead atoms. The van der Waals surface area contributed by atoms with E-state index < -0.39 is 0 Å². The summed E-state index contributed by atoms with van der Waals surface area (Å²) in [5.74, 6) is 0. The molecule has 11 rings (SSSR count). The van der Waals surface area contributed by atoms with E-state index in [9.17, 15) is 0 Å². The predicted octanol–water partition coefficient (Wildman–Crippen LogP) is 16.0. The quantitative estimate of drug-likeness (QED) is 0.151. The Morgan fingerprint density at radius 3 is 1.62 bits per heavy atom. The molecule has 0 unspecified atom stereocenters. The second kappa shape index (κ2) is 14.1. The third-order valence-electron chi connectivity index (χ3n) is 11.5. The summed E-state index contributed by atoms with van der Waals surface area (Å²) in [5.41, 5.74) is 14.4. The maximum absolute atomic E-state index is 6.35. The fourth-order valence-electron chi connectivity index (χ4n) is 8.80. The summed E-state index contributed by atoms with van der Waals surface area (Å²) in [6, 6.07) is 80.8. The van der Waals surface area contributed by atoms with Crippen molar-refractivity contribution < 1.29 is 4.42 Å². The van der Waals surface area contributed by atoms with Crippen LogP contribution >= 0.6 is 0 Å². The van der Waals surface area contributed by atoms with E-state index in [0.717, 1.165) is 50.1 Å².